The maximum atomic E-state index is 13.7. The van der Waals surface area contributed by atoms with Crippen molar-refractivity contribution in [3.8, 4) is 5.75 Å². The summed E-state index contributed by atoms with van der Waals surface area (Å²) in [6.07, 6.45) is -0.286. The number of benzene rings is 1. The Morgan fingerprint density at radius 1 is 1.57 bits per heavy atom. The zero-order valence-corrected chi connectivity index (χ0v) is 11.8. The number of hydrogen-bond acceptors (Lipinski definition) is 4. The van der Waals surface area contributed by atoms with Gasteiger partial charge in [-0.15, -0.1) is 0 Å². The molecular weight excluding hydrogens is 279 g/mol. The molecular formula is C14H19FN2O4. The Kier molecular flexibility index (Phi) is 4.98. The van der Waals surface area contributed by atoms with Gasteiger partial charge in [0.1, 0.15) is 11.6 Å². The summed E-state index contributed by atoms with van der Waals surface area (Å²) in [5.74, 6) is -0.0552. The van der Waals surface area contributed by atoms with Crippen molar-refractivity contribution in [2.45, 2.75) is 25.1 Å². The normalized spacial score (nSPS) is 21.4. The number of halogens is 1. The first-order chi connectivity index (χ1) is 10.0. The molecule has 2 rings (SSSR count). The number of amides is 2. The zero-order valence-electron chi connectivity index (χ0n) is 11.8. The fraction of sp³-hybridized carbons (Fsp3) is 0.500. The second-order valence-electron chi connectivity index (χ2n) is 4.99. The Hall–Kier alpha value is -1.86. The monoisotopic (exact) mass is 298 g/mol. The minimum absolute atomic E-state index is 0.0272. The lowest BCUT2D eigenvalue weighted by atomic mass is 10.2. The quantitative estimate of drug-likeness (QED) is 0.755. The highest BCUT2D eigenvalue weighted by Gasteiger charge is 2.33. The number of carbonyl (C=O) groups excluding carboxylic acids is 1. The summed E-state index contributed by atoms with van der Waals surface area (Å²) >= 11 is 0. The molecule has 3 N–H and O–H groups in total. The number of rotatable bonds is 4. The van der Waals surface area contributed by atoms with Crippen LogP contribution < -0.4 is 10.1 Å². The third-order valence-electron chi connectivity index (χ3n) is 3.55. The van der Waals surface area contributed by atoms with Gasteiger partial charge in [0, 0.05) is 24.7 Å². The Morgan fingerprint density at radius 3 is 2.95 bits per heavy atom. The number of methoxy groups -OCH3 is 1. The standard InChI is InChI=1S/C14H19FN2O4/c1-21-12-3-2-9(13(15)5-12)6-16-14(20)17-7-11(19)4-10(17)8-18/h2-3,5,10-11,18-19H,4,6-8H2,1H3,(H,16,20)/t10-,11+/m0/s1. The van der Waals surface area contributed by atoms with Crippen LogP contribution in [0.2, 0.25) is 0 Å². The SMILES string of the molecule is COc1ccc(CNC(=O)N2C[C@H](O)C[C@H]2CO)c(F)c1. The van der Waals surface area contributed by atoms with Crippen molar-refractivity contribution in [2.75, 3.05) is 20.3 Å². The molecule has 1 fully saturated rings. The molecule has 1 aromatic carbocycles. The average molecular weight is 298 g/mol. The van der Waals surface area contributed by atoms with Gasteiger partial charge in [-0.3, -0.25) is 0 Å². The molecule has 0 unspecified atom stereocenters. The first-order valence-corrected chi connectivity index (χ1v) is 6.71. The third-order valence-corrected chi connectivity index (χ3v) is 3.55. The maximum absolute atomic E-state index is 13.7. The fourth-order valence-corrected chi connectivity index (χ4v) is 2.38. The first-order valence-electron chi connectivity index (χ1n) is 6.71. The number of nitrogens with one attached hydrogen (secondary N) is 1. The van der Waals surface area contributed by atoms with Crippen LogP contribution in [0.4, 0.5) is 9.18 Å². The van der Waals surface area contributed by atoms with E-state index in [4.69, 9.17) is 4.74 Å². The maximum Gasteiger partial charge on any atom is 0.318 e. The predicted molar refractivity (Wildman–Crippen MR) is 73.4 cm³/mol. The molecule has 2 atom stereocenters. The molecule has 116 valence electrons. The van der Waals surface area contributed by atoms with Gasteiger partial charge >= 0.3 is 6.03 Å². The van der Waals surface area contributed by atoms with Crippen molar-refractivity contribution >= 4 is 6.03 Å². The highest BCUT2D eigenvalue weighted by atomic mass is 19.1. The van der Waals surface area contributed by atoms with Gasteiger partial charge in [-0.05, 0) is 12.5 Å². The molecule has 0 spiro atoms. The molecule has 1 aliphatic rings. The van der Waals surface area contributed by atoms with Crippen LogP contribution in [0, 0.1) is 5.82 Å². The summed E-state index contributed by atoms with van der Waals surface area (Å²) in [4.78, 5) is 13.4. The number of ether oxygens (including phenoxy) is 1. The van der Waals surface area contributed by atoms with Crippen LogP contribution >= 0.6 is 0 Å². The zero-order chi connectivity index (χ0) is 15.4. The Labute approximate surface area is 122 Å². The summed E-state index contributed by atoms with van der Waals surface area (Å²) in [6, 6.07) is 3.57. The molecule has 1 aliphatic heterocycles. The lowest BCUT2D eigenvalue weighted by Crippen LogP contribution is -2.44. The largest absolute Gasteiger partial charge is 0.497 e. The van der Waals surface area contributed by atoms with Crippen molar-refractivity contribution < 1.29 is 24.1 Å². The molecule has 6 nitrogen and oxygen atoms in total. The minimum Gasteiger partial charge on any atom is -0.497 e. The van der Waals surface area contributed by atoms with E-state index < -0.39 is 24.0 Å². The van der Waals surface area contributed by atoms with Gasteiger partial charge in [0.15, 0.2) is 0 Å². The number of nitrogens with zero attached hydrogens (tertiary/aromatic N) is 1. The van der Waals surface area contributed by atoms with E-state index >= 15 is 0 Å². The van der Waals surface area contributed by atoms with Crippen LogP contribution in [0.15, 0.2) is 18.2 Å². The smallest absolute Gasteiger partial charge is 0.318 e. The summed E-state index contributed by atoms with van der Waals surface area (Å²) < 4.78 is 18.7. The van der Waals surface area contributed by atoms with Crippen LogP contribution in [-0.4, -0.2) is 53.6 Å². The Balaban J connectivity index is 1.95. The lowest BCUT2D eigenvalue weighted by Gasteiger charge is -2.23. The minimum atomic E-state index is -0.634. The highest BCUT2D eigenvalue weighted by molar-refractivity contribution is 5.75. The first kappa shape index (κ1) is 15.5. The Morgan fingerprint density at radius 2 is 2.33 bits per heavy atom. The summed E-state index contributed by atoms with van der Waals surface area (Å²) in [6.45, 7) is -0.0110. The van der Waals surface area contributed by atoms with Crippen molar-refractivity contribution in [1.29, 1.82) is 0 Å². The molecule has 1 heterocycles. The van der Waals surface area contributed by atoms with Gasteiger partial charge in [0.05, 0.1) is 25.9 Å². The predicted octanol–water partition coefficient (Wildman–Crippen LogP) is 0.471. The van der Waals surface area contributed by atoms with E-state index in [0.717, 1.165) is 0 Å². The molecule has 2 amide bonds. The van der Waals surface area contributed by atoms with Crippen molar-refractivity contribution in [2.24, 2.45) is 0 Å². The van der Waals surface area contributed by atoms with Crippen LogP contribution in [-0.2, 0) is 6.54 Å². The molecule has 7 heteroatoms. The fourth-order valence-electron chi connectivity index (χ4n) is 2.38. The van der Waals surface area contributed by atoms with Gasteiger partial charge in [-0.2, -0.15) is 0 Å². The lowest BCUT2D eigenvalue weighted by molar-refractivity contribution is 0.154. The molecule has 0 bridgehead atoms. The van der Waals surface area contributed by atoms with Crippen LogP contribution in [0.25, 0.3) is 0 Å². The van der Waals surface area contributed by atoms with Gasteiger partial charge in [0.2, 0.25) is 0 Å². The molecule has 1 saturated heterocycles. The van der Waals surface area contributed by atoms with E-state index in [1.54, 1.807) is 6.07 Å². The van der Waals surface area contributed by atoms with Gasteiger partial charge in [-0.1, -0.05) is 6.07 Å². The van der Waals surface area contributed by atoms with Crippen LogP contribution in [0.5, 0.6) is 5.75 Å². The number of aliphatic hydroxyl groups excluding tert-OH is 2. The number of likely N-dealkylation sites (tertiary alicyclic amines) is 1. The number of β-amino-alcohol motifs (C(OH)–C–C–N with tert-alkyl or cyclic N) is 1. The van der Waals surface area contributed by atoms with Gasteiger partial charge < -0.3 is 25.2 Å². The van der Waals surface area contributed by atoms with Crippen molar-refractivity contribution in [1.82, 2.24) is 10.2 Å². The van der Waals surface area contributed by atoms with Crippen molar-refractivity contribution in [3.05, 3.63) is 29.6 Å². The summed E-state index contributed by atoms with van der Waals surface area (Å²) in [5, 5.41) is 21.3. The van der Waals surface area contributed by atoms with Crippen LogP contribution in [0.1, 0.15) is 12.0 Å². The molecule has 0 radical (unpaired) electrons. The van der Waals surface area contributed by atoms with E-state index in [9.17, 15) is 19.4 Å². The van der Waals surface area contributed by atoms with E-state index in [1.165, 1.54) is 24.1 Å². The van der Waals surface area contributed by atoms with Crippen molar-refractivity contribution in [3.63, 3.8) is 0 Å². The van der Waals surface area contributed by atoms with Crippen LogP contribution in [0.3, 0.4) is 0 Å². The third kappa shape index (κ3) is 3.62. The number of carbonyl (C=O) groups is 1. The van der Waals surface area contributed by atoms with E-state index in [0.29, 0.717) is 17.7 Å². The van der Waals surface area contributed by atoms with Gasteiger partial charge in [0.25, 0.3) is 0 Å². The average Bonchev–Trinajstić information content (AvgIpc) is 2.86. The molecule has 0 aliphatic carbocycles. The van der Waals surface area contributed by atoms with Gasteiger partial charge in [-0.25, -0.2) is 9.18 Å². The second kappa shape index (κ2) is 6.73. The molecule has 21 heavy (non-hydrogen) atoms. The topological polar surface area (TPSA) is 82.0 Å². The number of aliphatic hydroxyl groups is 2. The molecule has 0 saturated carbocycles. The molecule has 1 aromatic rings. The Bertz CT molecular complexity index is 512. The number of hydrogen-bond donors (Lipinski definition) is 3. The van der Waals surface area contributed by atoms with E-state index in [2.05, 4.69) is 5.32 Å². The summed E-state index contributed by atoms with van der Waals surface area (Å²) in [5.41, 5.74) is 0.337. The van der Waals surface area contributed by atoms with E-state index in [-0.39, 0.29) is 19.7 Å². The molecule has 0 aromatic heterocycles. The number of urea groups is 1. The van der Waals surface area contributed by atoms with E-state index in [1.807, 2.05) is 0 Å². The highest BCUT2D eigenvalue weighted by Crippen LogP contribution is 2.18. The summed E-state index contributed by atoms with van der Waals surface area (Å²) in [7, 11) is 1.45. The second-order valence-corrected chi connectivity index (χ2v) is 4.99.